The SMILES string of the molecule is CCCCN(CC)S(=O)(=O)Cc1ccccc1N. The lowest BCUT2D eigenvalue weighted by Gasteiger charge is -2.20. The van der Waals surface area contributed by atoms with Gasteiger partial charge in [-0.2, -0.15) is 0 Å². The Morgan fingerprint density at radius 1 is 1.22 bits per heavy atom. The van der Waals surface area contributed by atoms with Crippen LogP contribution in [-0.2, 0) is 15.8 Å². The van der Waals surface area contributed by atoms with Crippen molar-refractivity contribution in [3.63, 3.8) is 0 Å². The number of sulfonamides is 1. The van der Waals surface area contributed by atoms with E-state index in [9.17, 15) is 8.42 Å². The number of rotatable bonds is 7. The Balaban J connectivity index is 2.83. The molecule has 0 aliphatic carbocycles. The highest BCUT2D eigenvalue weighted by Gasteiger charge is 2.21. The van der Waals surface area contributed by atoms with E-state index in [1.54, 1.807) is 18.2 Å². The van der Waals surface area contributed by atoms with Crippen LogP contribution >= 0.6 is 0 Å². The standard InChI is InChI=1S/C13H22N2O2S/c1-3-5-10-15(4-2)18(16,17)11-12-8-6-7-9-13(12)14/h6-9H,3-5,10-11,14H2,1-2H3. The zero-order chi connectivity index (χ0) is 13.6. The zero-order valence-corrected chi connectivity index (χ0v) is 11.9. The molecular formula is C13H22N2O2S. The van der Waals surface area contributed by atoms with Crippen LogP contribution in [0.4, 0.5) is 5.69 Å². The average molecular weight is 270 g/mol. The van der Waals surface area contributed by atoms with Crippen molar-refractivity contribution in [3.8, 4) is 0 Å². The number of hydrogen-bond donors (Lipinski definition) is 1. The maximum absolute atomic E-state index is 12.3. The van der Waals surface area contributed by atoms with Crippen molar-refractivity contribution in [2.24, 2.45) is 0 Å². The molecule has 0 amide bonds. The third-order valence-corrected chi connectivity index (χ3v) is 4.80. The predicted octanol–water partition coefficient (Wildman–Crippen LogP) is 2.22. The maximum atomic E-state index is 12.3. The van der Waals surface area contributed by atoms with Crippen molar-refractivity contribution >= 4 is 15.7 Å². The van der Waals surface area contributed by atoms with E-state index in [1.165, 1.54) is 4.31 Å². The second-order valence-electron chi connectivity index (χ2n) is 4.30. The molecule has 0 saturated heterocycles. The van der Waals surface area contributed by atoms with E-state index in [0.29, 0.717) is 24.3 Å². The minimum atomic E-state index is -3.27. The molecule has 0 unspecified atom stereocenters. The molecule has 0 saturated carbocycles. The van der Waals surface area contributed by atoms with Crippen LogP contribution in [0.2, 0.25) is 0 Å². The van der Waals surface area contributed by atoms with E-state index < -0.39 is 10.0 Å². The number of anilines is 1. The summed E-state index contributed by atoms with van der Waals surface area (Å²) in [5, 5.41) is 0. The number of nitrogens with two attached hydrogens (primary N) is 1. The molecule has 2 N–H and O–H groups in total. The Hall–Kier alpha value is -1.07. The highest BCUT2D eigenvalue weighted by molar-refractivity contribution is 7.88. The Morgan fingerprint density at radius 3 is 2.44 bits per heavy atom. The van der Waals surface area contributed by atoms with E-state index >= 15 is 0 Å². The van der Waals surface area contributed by atoms with Crippen molar-refractivity contribution in [2.45, 2.75) is 32.4 Å². The van der Waals surface area contributed by atoms with Gasteiger partial charge in [-0.25, -0.2) is 12.7 Å². The molecule has 0 spiro atoms. The second kappa shape index (κ2) is 6.75. The van der Waals surface area contributed by atoms with Gasteiger partial charge >= 0.3 is 0 Å². The third-order valence-electron chi connectivity index (χ3n) is 2.90. The first-order valence-corrected chi connectivity index (χ1v) is 7.93. The molecule has 0 bridgehead atoms. The van der Waals surface area contributed by atoms with Crippen LogP contribution in [0.1, 0.15) is 32.3 Å². The first kappa shape index (κ1) is 15.0. The monoisotopic (exact) mass is 270 g/mol. The Bertz CT molecular complexity index is 472. The molecule has 0 aliphatic rings. The summed E-state index contributed by atoms with van der Waals surface area (Å²) in [6, 6.07) is 7.11. The minimum Gasteiger partial charge on any atom is -0.398 e. The van der Waals surface area contributed by atoms with Gasteiger partial charge in [0, 0.05) is 18.8 Å². The Morgan fingerprint density at radius 2 is 1.89 bits per heavy atom. The van der Waals surface area contributed by atoms with Crippen molar-refractivity contribution in [2.75, 3.05) is 18.8 Å². The van der Waals surface area contributed by atoms with Crippen molar-refractivity contribution in [1.82, 2.24) is 4.31 Å². The number of nitrogen functional groups attached to an aromatic ring is 1. The number of nitrogens with zero attached hydrogens (tertiary/aromatic N) is 1. The van der Waals surface area contributed by atoms with Crippen LogP contribution in [0, 0.1) is 0 Å². The summed E-state index contributed by atoms with van der Waals surface area (Å²) >= 11 is 0. The second-order valence-corrected chi connectivity index (χ2v) is 6.27. The number of unbranched alkanes of at least 4 members (excludes halogenated alkanes) is 1. The van der Waals surface area contributed by atoms with E-state index in [-0.39, 0.29) is 5.75 Å². The van der Waals surface area contributed by atoms with Crippen LogP contribution in [0.3, 0.4) is 0 Å². The largest absolute Gasteiger partial charge is 0.398 e. The lowest BCUT2D eigenvalue weighted by atomic mass is 10.2. The van der Waals surface area contributed by atoms with Gasteiger partial charge in [-0.3, -0.25) is 0 Å². The van der Waals surface area contributed by atoms with Gasteiger partial charge in [0.15, 0.2) is 0 Å². The first-order chi connectivity index (χ1) is 8.51. The summed E-state index contributed by atoms with van der Waals surface area (Å²) in [7, 11) is -3.27. The predicted molar refractivity (Wildman–Crippen MR) is 75.6 cm³/mol. The fourth-order valence-electron chi connectivity index (χ4n) is 1.78. The van der Waals surface area contributed by atoms with Crippen LogP contribution in [-0.4, -0.2) is 25.8 Å². The molecule has 102 valence electrons. The molecule has 1 aromatic rings. The smallest absolute Gasteiger partial charge is 0.218 e. The van der Waals surface area contributed by atoms with Crippen LogP contribution < -0.4 is 5.73 Å². The van der Waals surface area contributed by atoms with Gasteiger partial charge in [-0.1, -0.05) is 38.5 Å². The molecule has 0 atom stereocenters. The van der Waals surface area contributed by atoms with Gasteiger partial charge in [0.25, 0.3) is 0 Å². The molecule has 0 radical (unpaired) electrons. The summed E-state index contributed by atoms with van der Waals surface area (Å²) in [5.74, 6) is -0.0166. The summed E-state index contributed by atoms with van der Waals surface area (Å²) in [6.07, 6.45) is 1.87. The zero-order valence-electron chi connectivity index (χ0n) is 11.1. The number of para-hydroxylation sites is 1. The fraction of sp³-hybridized carbons (Fsp3) is 0.538. The molecule has 0 fully saturated rings. The van der Waals surface area contributed by atoms with Gasteiger partial charge < -0.3 is 5.73 Å². The van der Waals surface area contributed by atoms with Crippen LogP contribution in [0.25, 0.3) is 0 Å². The highest BCUT2D eigenvalue weighted by atomic mass is 32.2. The summed E-state index contributed by atoms with van der Waals surface area (Å²) in [6.45, 7) is 5.01. The Labute approximate surface area is 110 Å². The molecule has 0 heterocycles. The third kappa shape index (κ3) is 3.99. The fourth-order valence-corrected chi connectivity index (χ4v) is 3.42. The molecule has 4 nitrogen and oxygen atoms in total. The van der Waals surface area contributed by atoms with E-state index in [0.717, 1.165) is 12.8 Å². The Kier molecular flexibility index (Phi) is 5.62. The van der Waals surface area contributed by atoms with E-state index in [1.807, 2.05) is 13.0 Å². The molecular weight excluding hydrogens is 248 g/mol. The quantitative estimate of drug-likeness (QED) is 0.773. The average Bonchev–Trinajstić information content (AvgIpc) is 2.32. The molecule has 5 heteroatoms. The summed E-state index contributed by atoms with van der Waals surface area (Å²) < 4.78 is 26.0. The van der Waals surface area contributed by atoms with Crippen LogP contribution in [0.15, 0.2) is 24.3 Å². The first-order valence-electron chi connectivity index (χ1n) is 6.32. The summed E-state index contributed by atoms with van der Waals surface area (Å²) in [4.78, 5) is 0. The van der Waals surface area contributed by atoms with Crippen molar-refractivity contribution in [1.29, 1.82) is 0 Å². The van der Waals surface area contributed by atoms with Gasteiger partial charge in [-0.15, -0.1) is 0 Å². The van der Waals surface area contributed by atoms with Gasteiger partial charge in [0.05, 0.1) is 5.75 Å². The highest BCUT2D eigenvalue weighted by Crippen LogP contribution is 2.17. The topological polar surface area (TPSA) is 63.4 Å². The molecule has 1 rings (SSSR count). The normalized spacial score (nSPS) is 11.9. The van der Waals surface area contributed by atoms with Gasteiger partial charge in [-0.05, 0) is 18.1 Å². The van der Waals surface area contributed by atoms with Gasteiger partial charge in [0.1, 0.15) is 0 Å². The maximum Gasteiger partial charge on any atom is 0.218 e. The van der Waals surface area contributed by atoms with E-state index in [4.69, 9.17) is 5.73 Å². The minimum absolute atomic E-state index is 0.0166. The lowest BCUT2D eigenvalue weighted by molar-refractivity contribution is 0.418. The van der Waals surface area contributed by atoms with E-state index in [2.05, 4.69) is 6.92 Å². The summed E-state index contributed by atoms with van der Waals surface area (Å²) in [5.41, 5.74) is 6.99. The van der Waals surface area contributed by atoms with Crippen molar-refractivity contribution < 1.29 is 8.42 Å². The molecule has 1 aromatic carbocycles. The number of hydrogen-bond acceptors (Lipinski definition) is 3. The molecule has 18 heavy (non-hydrogen) atoms. The number of benzene rings is 1. The van der Waals surface area contributed by atoms with Gasteiger partial charge in [0.2, 0.25) is 10.0 Å². The van der Waals surface area contributed by atoms with Crippen molar-refractivity contribution in [3.05, 3.63) is 29.8 Å². The molecule has 0 aromatic heterocycles. The molecule has 0 aliphatic heterocycles. The lowest BCUT2D eigenvalue weighted by Crippen LogP contribution is -2.33. The van der Waals surface area contributed by atoms with Crippen LogP contribution in [0.5, 0.6) is 0 Å².